The van der Waals surface area contributed by atoms with Crippen molar-refractivity contribution in [2.75, 3.05) is 0 Å². The minimum absolute atomic E-state index is 0.300. The molecule has 0 fully saturated rings. The first-order chi connectivity index (χ1) is 9.33. The summed E-state index contributed by atoms with van der Waals surface area (Å²) in [6.07, 6.45) is 1.97. The Labute approximate surface area is 111 Å². The lowest BCUT2D eigenvalue weighted by Gasteiger charge is -2.07. The van der Waals surface area contributed by atoms with Gasteiger partial charge in [-0.15, -0.1) is 0 Å². The van der Waals surface area contributed by atoms with Crippen molar-refractivity contribution in [2.45, 2.75) is 13.0 Å². The van der Waals surface area contributed by atoms with Crippen LogP contribution in [0.3, 0.4) is 0 Å². The molecule has 2 aromatic rings. The van der Waals surface area contributed by atoms with Crippen LogP contribution in [0.2, 0.25) is 0 Å². The predicted molar refractivity (Wildman–Crippen MR) is 69.0 cm³/mol. The number of ether oxygens (including phenoxy) is 1. The number of pyridine rings is 1. The third-order valence-corrected chi connectivity index (χ3v) is 2.60. The number of nitriles is 2. The first kappa shape index (κ1) is 12.6. The Morgan fingerprint density at radius 3 is 2.58 bits per heavy atom. The van der Waals surface area contributed by atoms with E-state index in [4.69, 9.17) is 15.3 Å². The molecule has 4 heteroatoms. The van der Waals surface area contributed by atoms with E-state index >= 15 is 0 Å². The highest BCUT2D eigenvalue weighted by molar-refractivity contribution is 5.32. The normalized spacial score (nSPS) is 9.37. The van der Waals surface area contributed by atoms with Crippen LogP contribution in [0.4, 0.5) is 0 Å². The monoisotopic (exact) mass is 249 g/mol. The number of hydrogen-bond acceptors (Lipinski definition) is 4. The Morgan fingerprint density at radius 2 is 1.89 bits per heavy atom. The molecule has 0 N–H and O–H groups in total. The first-order valence-electron chi connectivity index (χ1n) is 5.76. The molecule has 92 valence electrons. The second-order valence-electron chi connectivity index (χ2n) is 3.89. The van der Waals surface area contributed by atoms with Crippen LogP contribution >= 0.6 is 0 Å². The summed E-state index contributed by atoms with van der Waals surface area (Å²) in [5.41, 5.74) is 2.09. The van der Waals surface area contributed by atoms with E-state index in [9.17, 15) is 0 Å². The van der Waals surface area contributed by atoms with E-state index in [0.29, 0.717) is 24.5 Å². The predicted octanol–water partition coefficient (Wildman–Crippen LogP) is 2.60. The summed E-state index contributed by atoms with van der Waals surface area (Å²) >= 11 is 0. The molecule has 0 aliphatic rings. The minimum atomic E-state index is 0.300. The van der Waals surface area contributed by atoms with Crippen LogP contribution in [-0.4, -0.2) is 4.98 Å². The zero-order valence-electron chi connectivity index (χ0n) is 10.2. The summed E-state index contributed by atoms with van der Waals surface area (Å²) in [6, 6.07) is 15.0. The van der Waals surface area contributed by atoms with E-state index in [1.165, 1.54) is 0 Å². The van der Waals surface area contributed by atoms with Crippen molar-refractivity contribution in [3.05, 3.63) is 59.4 Å². The molecule has 4 nitrogen and oxygen atoms in total. The third kappa shape index (κ3) is 3.31. The number of hydrogen-bond donors (Lipinski definition) is 0. The second-order valence-corrected chi connectivity index (χ2v) is 3.89. The van der Waals surface area contributed by atoms with Crippen molar-refractivity contribution in [2.24, 2.45) is 0 Å². The Balaban J connectivity index is 2.03. The number of benzene rings is 1. The van der Waals surface area contributed by atoms with Crippen molar-refractivity contribution < 1.29 is 4.74 Å². The van der Waals surface area contributed by atoms with Crippen LogP contribution < -0.4 is 4.74 Å². The van der Waals surface area contributed by atoms with Crippen LogP contribution in [0, 0.1) is 22.7 Å². The molecule has 1 aromatic heterocycles. The fraction of sp³-hybridized carbons (Fsp3) is 0.133. The Kier molecular flexibility index (Phi) is 4.10. The fourth-order valence-corrected chi connectivity index (χ4v) is 1.61. The smallest absolute Gasteiger partial charge is 0.147 e. The second kappa shape index (κ2) is 6.18. The average molecular weight is 249 g/mol. The zero-order valence-corrected chi connectivity index (χ0v) is 10.2. The quantitative estimate of drug-likeness (QED) is 0.835. The maximum atomic E-state index is 8.91. The maximum absolute atomic E-state index is 8.91. The molecule has 0 spiro atoms. The molecule has 0 unspecified atom stereocenters. The van der Waals surface area contributed by atoms with Gasteiger partial charge >= 0.3 is 0 Å². The lowest BCUT2D eigenvalue weighted by molar-refractivity contribution is 0.305. The first-order valence-corrected chi connectivity index (χ1v) is 5.76. The van der Waals surface area contributed by atoms with Gasteiger partial charge in [-0.3, -0.25) is 0 Å². The molecule has 1 heterocycles. The van der Waals surface area contributed by atoms with E-state index in [2.05, 4.69) is 11.1 Å². The highest BCUT2D eigenvalue weighted by Crippen LogP contribution is 2.15. The van der Waals surface area contributed by atoms with Gasteiger partial charge in [0.1, 0.15) is 24.1 Å². The molecule has 19 heavy (non-hydrogen) atoms. The number of rotatable bonds is 4. The Morgan fingerprint density at radius 1 is 1.11 bits per heavy atom. The summed E-state index contributed by atoms with van der Waals surface area (Å²) in [7, 11) is 0. The van der Waals surface area contributed by atoms with Crippen LogP contribution in [0.15, 0.2) is 42.6 Å². The summed E-state index contributed by atoms with van der Waals surface area (Å²) in [5, 5.41) is 17.5. The van der Waals surface area contributed by atoms with Crippen LogP contribution in [0.5, 0.6) is 5.75 Å². The van der Waals surface area contributed by atoms with Gasteiger partial charge in [-0.1, -0.05) is 18.2 Å². The van der Waals surface area contributed by atoms with Crippen molar-refractivity contribution >= 4 is 0 Å². The molecule has 0 radical (unpaired) electrons. The molecule has 0 saturated heterocycles. The van der Waals surface area contributed by atoms with Crippen molar-refractivity contribution in [3.8, 4) is 17.9 Å². The molecule has 0 aliphatic heterocycles. The molecule has 0 amide bonds. The number of nitrogens with zero attached hydrogens (tertiary/aromatic N) is 3. The van der Waals surface area contributed by atoms with E-state index in [1.54, 1.807) is 12.3 Å². The molecule has 2 rings (SSSR count). The van der Waals surface area contributed by atoms with Gasteiger partial charge in [0.25, 0.3) is 0 Å². The van der Waals surface area contributed by atoms with Crippen molar-refractivity contribution in [3.63, 3.8) is 0 Å². The zero-order chi connectivity index (χ0) is 13.5. The highest BCUT2D eigenvalue weighted by Gasteiger charge is 2.03. The van der Waals surface area contributed by atoms with Gasteiger partial charge in [-0.25, -0.2) is 4.98 Å². The molecule has 0 bridgehead atoms. The summed E-state index contributed by atoms with van der Waals surface area (Å²) in [4.78, 5) is 3.97. The van der Waals surface area contributed by atoms with E-state index < -0.39 is 0 Å². The summed E-state index contributed by atoms with van der Waals surface area (Å²) in [6.45, 7) is 0.300. The van der Waals surface area contributed by atoms with Crippen molar-refractivity contribution in [1.82, 2.24) is 4.98 Å². The average Bonchev–Trinajstić information content (AvgIpc) is 2.47. The molecule has 0 saturated carbocycles. The van der Waals surface area contributed by atoms with E-state index in [-0.39, 0.29) is 0 Å². The van der Waals surface area contributed by atoms with Crippen LogP contribution in [0.25, 0.3) is 0 Å². The van der Waals surface area contributed by atoms with Crippen LogP contribution in [-0.2, 0) is 13.0 Å². The Hall–Kier alpha value is -2.85. The van der Waals surface area contributed by atoms with Gasteiger partial charge in [-0.05, 0) is 23.8 Å². The Bertz CT molecular complexity index is 636. The molecule has 0 atom stereocenters. The largest absolute Gasteiger partial charge is 0.489 e. The van der Waals surface area contributed by atoms with E-state index in [0.717, 1.165) is 11.1 Å². The van der Waals surface area contributed by atoms with Gasteiger partial charge in [0, 0.05) is 11.8 Å². The topological polar surface area (TPSA) is 69.7 Å². The van der Waals surface area contributed by atoms with Gasteiger partial charge < -0.3 is 4.74 Å². The van der Waals surface area contributed by atoms with E-state index in [1.807, 2.05) is 36.4 Å². The highest BCUT2D eigenvalue weighted by atomic mass is 16.5. The fourth-order valence-electron chi connectivity index (χ4n) is 1.61. The standard InChI is InChI=1S/C15H11N3O/c16-8-7-12-3-5-14(6-4-12)19-11-13-2-1-9-18-15(13)10-17/h1-6,9H,7,11H2. The minimum Gasteiger partial charge on any atom is -0.489 e. The van der Waals surface area contributed by atoms with Crippen molar-refractivity contribution in [1.29, 1.82) is 10.5 Å². The maximum Gasteiger partial charge on any atom is 0.147 e. The van der Waals surface area contributed by atoms with Crippen LogP contribution in [0.1, 0.15) is 16.8 Å². The SMILES string of the molecule is N#CCc1ccc(OCc2cccnc2C#N)cc1. The molecule has 0 aliphatic carbocycles. The van der Waals surface area contributed by atoms with Gasteiger partial charge in [0.15, 0.2) is 0 Å². The summed E-state index contributed by atoms with van der Waals surface area (Å²) < 4.78 is 5.59. The number of aromatic nitrogens is 1. The lowest BCUT2D eigenvalue weighted by Crippen LogP contribution is -1.99. The van der Waals surface area contributed by atoms with Gasteiger partial charge in [-0.2, -0.15) is 10.5 Å². The molecule has 1 aromatic carbocycles. The lowest BCUT2D eigenvalue weighted by atomic mass is 10.1. The molecular weight excluding hydrogens is 238 g/mol. The third-order valence-electron chi connectivity index (χ3n) is 2.60. The summed E-state index contributed by atoms with van der Waals surface area (Å²) in [5.74, 6) is 0.703. The molecular formula is C15H11N3O. The van der Waals surface area contributed by atoms with Gasteiger partial charge in [0.05, 0.1) is 12.5 Å². The van der Waals surface area contributed by atoms with Gasteiger partial charge in [0.2, 0.25) is 0 Å².